The van der Waals surface area contributed by atoms with E-state index in [1.54, 1.807) is 0 Å². The van der Waals surface area contributed by atoms with Gasteiger partial charge in [0.05, 0.1) is 0 Å². The van der Waals surface area contributed by atoms with Crippen molar-refractivity contribution < 1.29 is 54.9 Å². The SMILES string of the molecule is F[B-](F)(F)F.F[B-](F)(F)F.[Pd+2].c1ccc(P(c2ccccc2)c2ccccc2)cc1.c1ccc(P(c2ccccc2)c2ccccc2)cc1. The fourth-order valence-corrected chi connectivity index (χ4v) is 8.97. The number of hydrogen-bond acceptors (Lipinski definition) is 0. The zero-order valence-electron chi connectivity index (χ0n) is 25.7. The Balaban J connectivity index is 0.000000264. The monoisotopic (exact) mass is 804 g/mol. The zero-order valence-corrected chi connectivity index (χ0v) is 29.1. The van der Waals surface area contributed by atoms with E-state index in [1.165, 1.54) is 31.8 Å². The molecule has 6 rings (SSSR count). The van der Waals surface area contributed by atoms with Crippen molar-refractivity contribution in [1.82, 2.24) is 0 Å². The maximum atomic E-state index is 9.75. The van der Waals surface area contributed by atoms with Gasteiger partial charge < -0.3 is 34.5 Å². The molecule has 0 aliphatic heterocycles. The molecule has 6 aromatic carbocycles. The van der Waals surface area contributed by atoms with Crippen LogP contribution in [0.15, 0.2) is 182 Å². The molecule has 0 heterocycles. The second-order valence-corrected chi connectivity index (χ2v) is 14.1. The molecular formula is C36H30B2F8P2Pd. The predicted octanol–water partition coefficient (Wildman–Crippen LogP) is 9.49. The van der Waals surface area contributed by atoms with Crippen LogP contribution in [-0.4, -0.2) is 14.5 Å². The maximum absolute atomic E-state index is 9.75. The van der Waals surface area contributed by atoms with Gasteiger partial charge in [-0.05, 0) is 47.7 Å². The summed E-state index contributed by atoms with van der Waals surface area (Å²) < 4.78 is 78.0. The molecule has 0 radical (unpaired) electrons. The van der Waals surface area contributed by atoms with Gasteiger partial charge in [-0.2, -0.15) is 0 Å². The maximum Gasteiger partial charge on any atom is 2.00 e. The van der Waals surface area contributed by atoms with Crippen molar-refractivity contribution in [2.45, 2.75) is 0 Å². The molecular weight excluding hydrogens is 774 g/mol. The average molecular weight is 805 g/mol. The van der Waals surface area contributed by atoms with Gasteiger partial charge in [0.25, 0.3) is 0 Å². The summed E-state index contributed by atoms with van der Waals surface area (Å²) in [6.07, 6.45) is 0. The van der Waals surface area contributed by atoms with Crippen LogP contribution in [0.1, 0.15) is 0 Å². The summed E-state index contributed by atoms with van der Waals surface area (Å²) in [5.74, 6) is 0. The quantitative estimate of drug-likeness (QED) is 0.0895. The van der Waals surface area contributed by atoms with Crippen LogP contribution in [0.4, 0.5) is 34.5 Å². The Morgan fingerprint density at radius 1 is 0.245 bits per heavy atom. The first-order chi connectivity index (χ1) is 22.9. The van der Waals surface area contributed by atoms with Gasteiger partial charge >= 0.3 is 34.9 Å². The van der Waals surface area contributed by atoms with Crippen molar-refractivity contribution in [3.05, 3.63) is 182 Å². The zero-order chi connectivity index (χ0) is 34.8. The Morgan fingerprint density at radius 2 is 0.347 bits per heavy atom. The van der Waals surface area contributed by atoms with E-state index < -0.39 is 30.4 Å². The number of halogens is 8. The first-order valence-electron chi connectivity index (χ1n) is 14.6. The van der Waals surface area contributed by atoms with Crippen molar-refractivity contribution in [3.63, 3.8) is 0 Å². The molecule has 0 saturated heterocycles. The first kappa shape index (κ1) is 41.6. The van der Waals surface area contributed by atoms with Crippen molar-refractivity contribution in [3.8, 4) is 0 Å². The number of rotatable bonds is 6. The molecule has 256 valence electrons. The smallest absolute Gasteiger partial charge is 0.418 e. The standard InChI is InChI=1S/2C18H15P.2BF4.Pd/c2*1-4-10-16(11-5-1)19(17-12-6-2-7-13-17)18-14-8-3-9-15-18;2*2-1(3,4)5;/h2*1-15H;;;/q;;2*-1;+2. The Morgan fingerprint density at radius 3 is 0.449 bits per heavy atom. The number of hydrogen-bond donors (Lipinski definition) is 0. The fourth-order valence-electron chi connectivity index (χ4n) is 4.36. The van der Waals surface area contributed by atoms with Crippen LogP contribution in [0, 0.1) is 0 Å². The van der Waals surface area contributed by atoms with Crippen molar-refractivity contribution in [1.29, 1.82) is 0 Å². The van der Waals surface area contributed by atoms with Gasteiger partial charge in [0.2, 0.25) is 0 Å². The van der Waals surface area contributed by atoms with Crippen LogP contribution in [0.2, 0.25) is 0 Å². The molecule has 0 aromatic heterocycles. The summed E-state index contributed by atoms with van der Waals surface area (Å²) in [5.41, 5.74) is 0. The third-order valence-electron chi connectivity index (χ3n) is 6.09. The van der Waals surface area contributed by atoms with Crippen molar-refractivity contribution in [2.24, 2.45) is 0 Å². The summed E-state index contributed by atoms with van der Waals surface area (Å²) in [4.78, 5) is 0. The van der Waals surface area contributed by atoms with Crippen molar-refractivity contribution in [2.75, 3.05) is 0 Å². The van der Waals surface area contributed by atoms with Gasteiger partial charge in [0, 0.05) is 0 Å². The van der Waals surface area contributed by atoms with E-state index in [9.17, 15) is 34.5 Å². The minimum absolute atomic E-state index is 0. The molecule has 0 aliphatic carbocycles. The van der Waals surface area contributed by atoms with Gasteiger partial charge in [-0.1, -0.05) is 182 Å². The van der Waals surface area contributed by atoms with E-state index in [0.29, 0.717) is 0 Å². The first-order valence-corrected chi connectivity index (χ1v) is 17.2. The molecule has 0 aliphatic rings. The van der Waals surface area contributed by atoms with E-state index in [4.69, 9.17) is 0 Å². The van der Waals surface area contributed by atoms with Crippen LogP contribution < -0.4 is 31.8 Å². The van der Waals surface area contributed by atoms with E-state index in [2.05, 4.69) is 182 Å². The number of benzene rings is 6. The summed E-state index contributed by atoms with van der Waals surface area (Å²) in [6, 6.07) is 64.7. The molecule has 0 bridgehead atoms. The fraction of sp³-hybridized carbons (Fsp3) is 0. The Bertz CT molecular complexity index is 1370. The molecule has 0 fully saturated rings. The molecule has 0 spiro atoms. The van der Waals surface area contributed by atoms with Crippen LogP contribution in [0.5, 0.6) is 0 Å². The average Bonchev–Trinajstić information content (AvgIpc) is 3.07. The van der Waals surface area contributed by atoms with Gasteiger partial charge in [-0.25, -0.2) is 0 Å². The third kappa shape index (κ3) is 17.1. The van der Waals surface area contributed by atoms with E-state index in [0.717, 1.165) is 0 Å². The topological polar surface area (TPSA) is 0 Å². The van der Waals surface area contributed by atoms with Crippen LogP contribution >= 0.6 is 15.8 Å². The second kappa shape index (κ2) is 21.5. The summed E-state index contributed by atoms with van der Waals surface area (Å²) in [6.45, 7) is 0. The summed E-state index contributed by atoms with van der Waals surface area (Å²) >= 11 is 0. The Labute approximate surface area is 298 Å². The molecule has 0 unspecified atom stereocenters. The molecule has 0 amide bonds. The van der Waals surface area contributed by atoms with Gasteiger partial charge in [0.1, 0.15) is 0 Å². The molecule has 0 nitrogen and oxygen atoms in total. The molecule has 13 heteroatoms. The normalized spacial score (nSPS) is 10.7. The predicted molar refractivity (Wildman–Crippen MR) is 191 cm³/mol. The Kier molecular flexibility index (Phi) is 18.2. The third-order valence-corrected chi connectivity index (χ3v) is 11.0. The molecule has 0 N–H and O–H groups in total. The van der Waals surface area contributed by atoms with Crippen LogP contribution in [-0.2, 0) is 20.4 Å². The summed E-state index contributed by atoms with van der Waals surface area (Å²) in [7, 11) is -12.9. The molecule has 0 atom stereocenters. The Hall–Kier alpha value is -3.59. The van der Waals surface area contributed by atoms with Gasteiger partial charge in [-0.3, -0.25) is 0 Å². The minimum Gasteiger partial charge on any atom is -0.418 e. The van der Waals surface area contributed by atoms with E-state index in [1.807, 2.05) is 0 Å². The van der Waals surface area contributed by atoms with Crippen LogP contribution in [0.25, 0.3) is 0 Å². The molecule has 0 saturated carbocycles. The van der Waals surface area contributed by atoms with Gasteiger partial charge in [0.15, 0.2) is 0 Å². The minimum atomic E-state index is -6.00. The molecule has 6 aromatic rings. The van der Waals surface area contributed by atoms with Gasteiger partial charge in [-0.15, -0.1) is 0 Å². The van der Waals surface area contributed by atoms with E-state index in [-0.39, 0.29) is 20.4 Å². The van der Waals surface area contributed by atoms with Crippen molar-refractivity contribution >= 4 is 62.2 Å². The second-order valence-electron chi connectivity index (χ2n) is 9.67. The molecule has 49 heavy (non-hydrogen) atoms. The van der Waals surface area contributed by atoms with E-state index >= 15 is 0 Å². The van der Waals surface area contributed by atoms with Crippen LogP contribution in [0.3, 0.4) is 0 Å². The largest absolute Gasteiger partial charge is 2.00 e. The summed E-state index contributed by atoms with van der Waals surface area (Å²) in [5, 5.41) is 8.39.